The van der Waals surface area contributed by atoms with Gasteiger partial charge in [-0.2, -0.15) is 0 Å². The number of nitrogens with one attached hydrogen (secondary N) is 1. The number of aromatic nitrogens is 3. The summed E-state index contributed by atoms with van der Waals surface area (Å²) in [5, 5.41) is 8.09. The third-order valence-electron chi connectivity index (χ3n) is 5.12. The Morgan fingerprint density at radius 3 is 2.39 bits per heavy atom. The van der Waals surface area contributed by atoms with Crippen molar-refractivity contribution < 1.29 is 4.79 Å². The van der Waals surface area contributed by atoms with Gasteiger partial charge in [-0.1, -0.05) is 59.1 Å². The van der Waals surface area contributed by atoms with Gasteiger partial charge in [-0.3, -0.25) is 4.79 Å². The van der Waals surface area contributed by atoms with E-state index in [0.29, 0.717) is 10.8 Å². The number of halogens is 1. The highest BCUT2D eigenvalue weighted by atomic mass is 35.5. The molecule has 1 aromatic heterocycles. The zero-order chi connectivity index (χ0) is 22.1. The van der Waals surface area contributed by atoms with Crippen molar-refractivity contribution in [3.63, 3.8) is 0 Å². The van der Waals surface area contributed by atoms with Crippen LogP contribution in [0.5, 0.6) is 0 Å². The molecule has 6 heteroatoms. The summed E-state index contributed by atoms with van der Waals surface area (Å²) in [5.41, 5.74) is 6.53. The third-order valence-corrected chi connectivity index (χ3v) is 5.52. The normalized spacial score (nSPS) is 10.9. The summed E-state index contributed by atoms with van der Waals surface area (Å²) in [5.74, 6) is 0.306. The van der Waals surface area contributed by atoms with E-state index < -0.39 is 0 Å². The zero-order valence-corrected chi connectivity index (χ0v) is 18.7. The Bertz CT molecular complexity index is 1290. The second kappa shape index (κ2) is 8.36. The molecule has 0 radical (unpaired) electrons. The van der Waals surface area contributed by atoms with E-state index in [2.05, 4.69) is 15.4 Å². The molecule has 156 valence electrons. The van der Waals surface area contributed by atoms with Gasteiger partial charge in [0.2, 0.25) is 5.82 Å². The van der Waals surface area contributed by atoms with Crippen LogP contribution in [0.25, 0.3) is 17.1 Å². The summed E-state index contributed by atoms with van der Waals surface area (Å²) in [4.78, 5) is 17.6. The molecule has 4 rings (SSSR count). The summed E-state index contributed by atoms with van der Waals surface area (Å²) in [6.07, 6.45) is 0. The van der Waals surface area contributed by atoms with Gasteiger partial charge in [-0.25, -0.2) is 9.67 Å². The van der Waals surface area contributed by atoms with Gasteiger partial charge < -0.3 is 5.32 Å². The maximum atomic E-state index is 13.0. The minimum absolute atomic E-state index is 0.0909. The number of benzene rings is 3. The largest absolute Gasteiger partial charge is 0.319 e. The highest BCUT2D eigenvalue weighted by molar-refractivity contribution is 6.31. The summed E-state index contributed by atoms with van der Waals surface area (Å²) in [6.45, 7) is 7.93. The van der Waals surface area contributed by atoms with Crippen LogP contribution in [-0.2, 0) is 0 Å². The molecular weight excluding hydrogens is 408 g/mol. The Morgan fingerprint density at radius 1 is 0.903 bits per heavy atom. The lowest BCUT2D eigenvalue weighted by Crippen LogP contribution is -2.15. The highest BCUT2D eigenvalue weighted by Gasteiger charge is 2.20. The molecule has 0 saturated carbocycles. The van der Waals surface area contributed by atoms with Crippen molar-refractivity contribution in [1.82, 2.24) is 14.8 Å². The first-order valence-electron chi connectivity index (χ1n) is 10.0. The number of amides is 1. The fraction of sp³-hybridized carbons (Fsp3) is 0.160. The predicted molar refractivity (Wildman–Crippen MR) is 125 cm³/mol. The van der Waals surface area contributed by atoms with Crippen molar-refractivity contribution in [1.29, 1.82) is 0 Å². The van der Waals surface area contributed by atoms with Gasteiger partial charge in [-0.15, -0.1) is 5.10 Å². The minimum Gasteiger partial charge on any atom is -0.319 e. The van der Waals surface area contributed by atoms with Crippen molar-refractivity contribution in [3.8, 4) is 17.1 Å². The number of hydrogen-bond donors (Lipinski definition) is 1. The van der Waals surface area contributed by atoms with Gasteiger partial charge in [0.25, 0.3) is 5.91 Å². The average molecular weight is 431 g/mol. The predicted octanol–water partition coefficient (Wildman–Crippen LogP) is 6.07. The first-order chi connectivity index (χ1) is 14.8. The average Bonchev–Trinajstić information content (AvgIpc) is 3.18. The molecule has 0 aliphatic rings. The van der Waals surface area contributed by atoms with Gasteiger partial charge in [0.1, 0.15) is 0 Å². The molecule has 1 amide bonds. The molecule has 1 N–H and O–H groups in total. The maximum absolute atomic E-state index is 13.0. The summed E-state index contributed by atoms with van der Waals surface area (Å²) in [7, 11) is 0. The molecule has 0 aliphatic heterocycles. The van der Waals surface area contributed by atoms with Crippen molar-refractivity contribution in [2.45, 2.75) is 27.7 Å². The number of hydrogen-bond acceptors (Lipinski definition) is 3. The van der Waals surface area contributed by atoms with Gasteiger partial charge >= 0.3 is 0 Å². The van der Waals surface area contributed by atoms with Crippen LogP contribution in [0.1, 0.15) is 32.9 Å². The Morgan fingerprint density at radius 2 is 1.68 bits per heavy atom. The second-order valence-corrected chi connectivity index (χ2v) is 8.15. The van der Waals surface area contributed by atoms with Crippen LogP contribution in [0.15, 0.2) is 60.7 Å². The molecule has 0 atom stereocenters. The molecule has 0 fully saturated rings. The highest BCUT2D eigenvalue weighted by Crippen LogP contribution is 2.26. The molecule has 0 aliphatic carbocycles. The van der Waals surface area contributed by atoms with E-state index in [1.807, 2.05) is 88.4 Å². The van der Waals surface area contributed by atoms with E-state index in [9.17, 15) is 4.79 Å². The summed E-state index contributed by atoms with van der Waals surface area (Å²) in [6, 6.07) is 19.5. The van der Waals surface area contributed by atoms with E-state index in [0.717, 1.165) is 39.2 Å². The first kappa shape index (κ1) is 20.8. The topological polar surface area (TPSA) is 59.8 Å². The quantitative estimate of drug-likeness (QED) is 0.427. The molecule has 0 spiro atoms. The first-order valence-corrected chi connectivity index (χ1v) is 10.4. The number of carbonyl (C=O) groups is 1. The lowest BCUT2D eigenvalue weighted by atomic mass is 10.1. The molecule has 31 heavy (non-hydrogen) atoms. The van der Waals surface area contributed by atoms with Gasteiger partial charge in [0.15, 0.2) is 5.82 Å². The fourth-order valence-corrected chi connectivity index (χ4v) is 3.58. The summed E-state index contributed by atoms with van der Waals surface area (Å²) < 4.78 is 1.66. The van der Waals surface area contributed by atoms with E-state index in [-0.39, 0.29) is 11.7 Å². The number of aryl methyl sites for hydroxylation is 4. The fourth-order valence-electron chi connectivity index (χ4n) is 3.40. The second-order valence-electron chi connectivity index (χ2n) is 7.75. The number of anilines is 1. The van der Waals surface area contributed by atoms with Crippen molar-refractivity contribution in [2.75, 3.05) is 5.32 Å². The van der Waals surface area contributed by atoms with Gasteiger partial charge in [0.05, 0.1) is 5.69 Å². The van der Waals surface area contributed by atoms with Crippen LogP contribution >= 0.6 is 11.6 Å². The lowest BCUT2D eigenvalue weighted by molar-refractivity contribution is 0.101. The maximum Gasteiger partial charge on any atom is 0.295 e. The Hall–Kier alpha value is -3.44. The van der Waals surface area contributed by atoms with Crippen molar-refractivity contribution in [2.24, 2.45) is 0 Å². The standard InChI is InChI=1S/C25H23ClN4O/c1-15-6-5-7-19(13-15)24-28-23(25(31)27-22-11-8-16(2)12-18(22)4)29-30(24)20-10-9-17(3)21(26)14-20/h5-14H,1-4H3,(H,27,31). The third kappa shape index (κ3) is 4.37. The van der Waals surface area contributed by atoms with E-state index in [4.69, 9.17) is 11.6 Å². The molecule has 3 aromatic carbocycles. The SMILES string of the molecule is Cc1cccc(-c2nc(C(=O)Nc3ccc(C)cc3C)nn2-c2ccc(C)c(Cl)c2)c1. The van der Waals surface area contributed by atoms with Crippen LogP contribution in [0.3, 0.4) is 0 Å². The van der Waals surface area contributed by atoms with E-state index in [1.54, 1.807) is 4.68 Å². The smallest absolute Gasteiger partial charge is 0.295 e. The van der Waals surface area contributed by atoms with Crippen molar-refractivity contribution in [3.05, 3.63) is 93.8 Å². The molecule has 0 saturated heterocycles. The molecule has 1 heterocycles. The van der Waals surface area contributed by atoms with E-state index >= 15 is 0 Å². The number of carbonyl (C=O) groups excluding carboxylic acids is 1. The van der Waals surface area contributed by atoms with Crippen LogP contribution in [0.4, 0.5) is 5.69 Å². The minimum atomic E-state index is -0.363. The number of rotatable bonds is 4. The lowest BCUT2D eigenvalue weighted by Gasteiger charge is -2.08. The molecular formula is C25H23ClN4O. The molecule has 0 unspecified atom stereocenters. The van der Waals surface area contributed by atoms with Gasteiger partial charge in [-0.05, 0) is 63.1 Å². The zero-order valence-electron chi connectivity index (χ0n) is 17.9. The van der Waals surface area contributed by atoms with Crippen molar-refractivity contribution >= 4 is 23.2 Å². The monoisotopic (exact) mass is 430 g/mol. The molecule has 0 bridgehead atoms. The van der Waals surface area contributed by atoms with Crippen LogP contribution in [0.2, 0.25) is 5.02 Å². The summed E-state index contributed by atoms with van der Waals surface area (Å²) >= 11 is 6.35. The van der Waals surface area contributed by atoms with Crippen LogP contribution in [0, 0.1) is 27.7 Å². The van der Waals surface area contributed by atoms with Crippen LogP contribution < -0.4 is 5.32 Å². The Kier molecular flexibility index (Phi) is 5.61. The van der Waals surface area contributed by atoms with E-state index in [1.165, 1.54) is 0 Å². The van der Waals surface area contributed by atoms with Crippen LogP contribution in [-0.4, -0.2) is 20.7 Å². The Labute approximate surface area is 186 Å². The Balaban J connectivity index is 1.78. The molecule has 4 aromatic rings. The molecule has 5 nitrogen and oxygen atoms in total. The number of nitrogens with zero attached hydrogens (tertiary/aromatic N) is 3. The van der Waals surface area contributed by atoms with Gasteiger partial charge in [0, 0.05) is 16.3 Å².